The molecule has 1 fully saturated rings. The summed E-state index contributed by atoms with van der Waals surface area (Å²) in [6, 6.07) is 0. The summed E-state index contributed by atoms with van der Waals surface area (Å²) in [6.45, 7) is 10.5. The SMILES string of the molecule is CCCNC(C)(CCN1CCCC(CC)CC1)C(=O)OC. The molecule has 4 heteroatoms. The molecule has 0 amide bonds. The number of likely N-dealkylation sites (tertiary alicyclic amines) is 1. The lowest BCUT2D eigenvalue weighted by molar-refractivity contribution is -0.148. The number of methoxy groups -OCH3 is 1. The monoisotopic (exact) mass is 298 g/mol. The van der Waals surface area contributed by atoms with E-state index < -0.39 is 5.54 Å². The van der Waals surface area contributed by atoms with Gasteiger partial charge in [0.2, 0.25) is 0 Å². The molecule has 124 valence electrons. The van der Waals surface area contributed by atoms with Gasteiger partial charge in [0.15, 0.2) is 0 Å². The van der Waals surface area contributed by atoms with Crippen LogP contribution in [0.5, 0.6) is 0 Å². The Morgan fingerprint density at radius 3 is 2.71 bits per heavy atom. The molecular formula is C17H34N2O2. The maximum atomic E-state index is 12.1. The third kappa shape index (κ3) is 5.95. The molecular weight excluding hydrogens is 264 g/mol. The third-order valence-corrected chi connectivity index (χ3v) is 4.85. The molecule has 2 atom stereocenters. The molecule has 0 bridgehead atoms. The predicted molar refractivity (Wildman–Crippen MR) is 87.4 cm³/mol. The maximum absolute atomic E-state index is 12.1. The quantitative estimate of drug-likeness (QED) is 0.700. The Labute approximate surface area is 130 Å². The number of hydrogen-bond acceptors (Lipinski definition) is 4. The second-order valence-corrected chi connectivity index (χ2v) is 6.55. The van der Waals surface area contributed by atoms with Crippen molar-refractivity contribution in [3.63, 3.8) is 0 Å². The summed E-state index contributed by atoms with van der Waals surface area (Å²) in [5.74, 6) is 0.748. The van der Waals surface area contributed by atoms with Crippen LogP contribution in [0.4, 0.5) is 0 Å². The van der Waals surface area contributed by atoms with Crippen LogP contribution in [0.25, 0.3) is 0 Å². The Morgan fingerprint density at radius 1 is 1.33 bits per heavy atom. The van der Waals surface area contributed by atoms with Gasteiger partial charge in [0.25, 0.3) is 0 Å². The van der Waals surface area contributed by atoms with Crippen molar-refractivity contribution in [2.45, 2.75) is 64.8 Å². The summed E-state index contributed by atoms with van der Waals surface area (Å²) in [6.07, 6.45) is 7.08. The zero-order valence-electron chi connectivity index (χ0n) is 14.4. The molecule has 0 aromatic rings. The lowest BCUT2D eigenvalue weighted by Crippen LogP contribution is -2.52. The van der Waals surface area contributed by atoms with Gasteiger partial charge in [-0.3, -0.25) is 4.79 Å². The molecule has 4 nitrogen and oxygen atoms in total. The molecule has 21 heavy (non-hydrogen) atoms. The van der Waals surface area contributed by atoms with E-state index >= 15 is 0 Å². The van der Waals surface area contributed by atoms with Crippen LogP contribution < -0.4 is 5.32 Å². The number of carbonyl (C=O) groups excluding carboxylic acids is 1. The minimum atomic E-state index is -0.554. The maximum Gasteiger partial charge on any atom is 0.325 e. The molecule has 0 radical (unpaired) electrons. The van der Waals surface area contributed by atoms with Gasteiger partial charge in [0, 0.05) is 6.54 Å². The number of nitrogens with one attached hydrogen (secondary N) is 1. The first kappa shape index (κ1) is 18.4. The normalized spacial score (nSPS) is 23.3. The molecule has 0 aromatic heterocycles. The first-order valence-corrected chi connectivity index (χ1v) is 8.61. The summed E-state index contributed by atoms with van der Waals surface area (Å²) in [5.41, 5.74) is -0.554. The summed E-state index contributed by atoms with van der Waals surface area (Å²) in [5, 5.41) is 3.37. The number of rotatable bonds is 8. The highest BCUT2D eigenvalue weighted by Gasteiger charge is 2.33. The van der Waals surface area contributed by atoms with Gasteiger partial charge in [0.05, 0.1) is 7.11 Å². The minimum Gasteiger partial charge on any atom is -0.468 e. The van der Waals surface area contributed by atoms with Crippen molar-refractivity contribution >= 4 is 5.97 Å². The van der Waals surface area contributed by atoms with E-state index in [0.717, 1.165) is 31.8 Å². The van der Waals surface area contributed by atoms with Crippen molar-refractivity contribution in [1.82, 2.24) is 10.2 Å². The van der Waals surface area contributed by atoms with Gasteiger partial charge < -0.3 is 15.0 Å². The fraction of sp³-hybridized carbons (Fsp3) is 0.941. The number of esters is 1. The number of nitrogens with zero attached hydrogens (tertiary/aromatic N) is 1. The van der Waals surface area contributed by atoms with E-state index in [2.05, 4.69) is 24.1 Å². The van der Waals surface area contributed by atoms with E-state index in [9.17, 15) is 4.79 Å². The Morgan fingerprint density at radius 2 is 2.10 bits per heavy atom. The molecule has 1 rings (SSSR count). The van der Waals surface area contributed by atoms with Crippen LogP contribution in [0.1, 0.15) is 59.3 Å². The summed E-state index contributed by atoms with van der Waals surface area (Å²) >= 11 is 0. The lowest BCUT2D eigenvalue weighted by atomic mass is 9.97. The average molecular weight is 298 g/mol. The molecule has 0 aliphatic carbocycles. The van der Waals surface area contributed by atoms with Crippen LogP contribution in [0.15, 0.2) is 0 Å². The van der Waals surface area contributed by atoms with E-state index in [-0.39, 0.29) is 5.97 Å². The van der Waals surface area contributed by atoms with Crippen molar-refractivity contribution < 1.29 is 9.53 Å². The highest BCUT2D eigenvalue weighted by Crippen LogP contribution is 2.21. The fourth-order valence-corrected chi connectivity index (χ4v) is 3.13. The number of hydrogen-bond donors (Lipinski definition) is 1. The molecule has 0 aromatic carbocycles. The van der Waals surface area contributed by atoms with Crippen LogP contribution in [0.3, 0.4) is 0 Å². The van der Waals surface area contributed by atoms with Gasteiger partial charge >= 0.3 is 5.97 Å². The van der Waals surface area contributed by atoms with E-state index in [1.165, 1.54) is 45.9 Å². The van der Waals surface area contributed by atoms with Gasteiger partial charge in [-0.25, -0.2) is 0 Å². The fourth-order valence-electron chi connectivity index (χ4n) is 3.13. The van der Waals surface area contributed by atoms with Gasteiger partial charge in [0.1, 0.15) is 5.54 Å². The first-order chi connectivity index (χ1) is 10.1. The van der Waals surface area contributed by atoms with Crippen molar-refractivity contribution in [3.05, 3.63) is 0 Å². The van der Waals surface area contributed by atoms with Crippen LogP contribution in [0, 0.1) is 5.92 Å². The molecule has 1 N–H and O–H groups in total. The van der Waals surface area contributed by atoms with E-state index in [1.54, 1.807) is 0 Å². The summed E-state index contributed by atoms with van der Waals surface area (Å²) in [4.78, 5) is 14.6. The van der Waals surface area contributed by atoms with Crippen LogP contribution >= 0.6 is 0 Å². The van der Waals surface area contributed by atoms with Gasteiger partial charge in [-0.15, -0.1) is 0 Å². The van der Waals surface area contributed by atoms with Gasteiger partial charge in [-0.1, -0.05) is 20.3 Å². The molecule has 0 saturated carbocycles. The molecule has 1 heterocycles. The first-order valence-electron chi connectivity index (χ1n) is 8.61. The molecule has 1 aliphatic heterocycles. The van der Waals surface area contributed by atoms with Crippen molar-refractivity contribution in [3.8, 4) is 0 Å². The van der Waals surface area contributed by atoms with Crippen LogP contribution in [-0.4, -0.2) is 49.7 Å². The second kappa shape index (κ2) is 9.42. The molecule has 1 aliphatic rings. The van der Waals surface area contributed by atoms with E-state index in [0.29, 0.717) is 0 Å². The predicted octanol–water partition coefficient (Wildman–Crippen LogP) is 2.82. The van der Waals surface area contributed by atoms with E-state index in [1.807, 2.05) is 6.92 Å². The number of carbonyl (C=O) groups is 1. The molecule has 0 spiro atoms. The lowest BCUT2D eigenvalue weighted by Gasteiger charge is -2.31. The Balaban J connectivity index is 2.50. The van der Waals surface area contributed by atoms with Gasteiger partial charge in [-0.2, -0.15) is 0 Å². The zero-order chi connectivity index (χ0) is 15.7. The van der Waals surface area contributed by atoms with Crippen molar-refractivity contribution in [2.75, 3.05) is 33.3 Å². The molecule has 2 unspecified atom stereocenters. The van der Waals surface area contributed by atoms with Crippen molar-refractivity contribution in [2.24, 2.45) is 5.92 Å². The Bertz CT molecular complexity index is 309. The zero-order valence-corrected chi connectivity index (χ0v) is 14.4. The minimum absolute atomic E-state index is 0.141. The Kier molecular flexibility index (Phi) is 8.27. The largest absolute Gasteiger partial charge is 0.468 e. The topological polar surface area (TPSA) is 41.6 Å². The summed E-state index contributed by atoms with van der Waals surface area (Å²) < 4.78 is 4.99. The van der Waals surface area contributed by atoms with Crippen LogP contribution in [0.2, 0.25) is 0 Å². The van der Waals surface area contributed by atoms with Crippen LogP contribution in [-0.2, 0) is 9.53 Å². The highest BCUT2D eigenvalue weighted by atomic mass is 16.5. The average Bonchev–Trinajstić information content (AvgIpc) is 2.75. The smallest absolute Gasteiger partial charge is 0.325 e. The van der Waals surface area contributed by atoms with Gasteiger partial charge in [-0.05, 0) is 64.6 Å². The third-order valence-electron chi connectivity index (χ3n) is 4.85. The highest BCUT2D eigenvalue weighted by molar-refractivity contribution is 5.80. The van der Waals surface area contributed by atoms with Crippen molar-refractivity contribution in [1.29, 1.82) is 0 Å². The van der Waals surface area contributed by atoms with E-state index in [4.69, 9.17) is 4.74 Å². The molecule has 1 saturated heterocycles. The number of ether oxygens (including phenoxy) is 1. The summed E-state index contributed by atoms with van der Waals surface area (Å²) in [7, 11) is 1.48. The second-order valence-electron chi connectivity index (χ2n) is 6.55. The standard InChI is InChI=1S/C17H34N2O2/c1-5-11-18-17(3,16(20)21-4)10-14-19-12-7-8-15(6-2)9-13-19/h15,18H,5-14H2,1-4H3. The Hall–Kier alpha value is -0.610.